The number of hydrogen-bond donors (Lipinski definition) is 2. The van der Waals surface area contributed by atoms with Gasteiger partial charge in [-0.05, 0) is 30.5 Å². The molecular weight excluding hydrogens is 358 g/mol. The summed E-state index contributed by atoms with van der Waals surface area (Å²) < 4.78 is 16.3. The topological polar surface area (TPSA) is 86.0 Å². The van der Waals surface area contributed by atoms with Crippen molar-refractivity contribution < 1.29 is 19.0 Å². The van der Waals surface area contributed by atoms with Gasteiger partial charge in [0.05, 0.1) is 39.0 Å². The zero-order chi connectivity index (χ0) is 20.0. The lowest BCUT2D eigenvalue weighted by molar-refractivity contribution is -0.127. The summed E-state index contributed by atoms with van der Waals surface area (Å²) in [5.41, 5.74) is 6.75. The van der Waals surface area contributed by atoms with Crippen molar-refractivity contribution in [2.45, 2.75) is 43.7 Å². The molecule has 3 N–H and O–H groups in total. The van der Waals surface area contributed by atoms with E-state index >= 15 is 0 Å². The number of rotatable bonds is 7. The fraction of sp³-hybridized carbons (Fsp3) is 0.667. The molecule has 1 aromatic carbocycles. The minimum atomic E-state index is -0.731. The molecule has 3 rings (SSSR count). The number of benzene rings is 1. The van der Waals surface area contributed by atoms with Crippen LogP contribution in [0.15, 0.2) is 18.2 Å². The summed E-state index contributed by atoms with van der Waals surface area (Å²) in [6.45, 7) is 3.54. The Kier molecular flexibility index (Phi) is 7.15. The summed E-state index contributed by atoms with van der Waals surface area (Å²) in [4.78, 5) is 15.2. The van der Waals surface area contributed by atoms with Crippen molar-refractivity contribution in [3.05, 3.63) is 23.8 Å². The lowest BCUT2D eigenvalue weighted by Gasteiger charge is -2.37. The van der Waals surface area contributed by atoms with E-state index in [1.807, 2.05) is 18.2 Å². The van der Waals surface area contributed by atoms with Gasteiger partial charge in [0.2, 0.25) is 5.91 Å². The van der Waals surface area contributed by atoms with E-state index in [9.17, 15) is 4.79 Å². The van der Waals surface area contributed by atoms with E-state index in [1.54, 1.807) is 14.2 Å². The van der Waals surface area contributed by atoms with Gasteiger partial charge < -0.3 is 25.3 Å². The molecule has 28 heavy (non-hydrogen) atoms. The normalized spacial score (nSPS) is 21.0. The largest absolute Gasteiger partial charge is 0.493 e. The zero-order valence-corrected chi connectivity index (χ0v) is 17.0. The van der Waals surface area contributed by atoms with Crippen LogP contribution in [0.3, 0.4) is 0 Å². The molecule has 1 unspecified atom stereocenters. The average Bonchev–Trinajstić information content (AvgIpc) is 2.74. The quantitative estimate of drug-likeness (QED) is 0.738. The number of nitrogens with one attached hydrogen (secondary N) is 1. The molecule has 0 bridgehead atoms. The van der Waals surface area contributed by atoms with Gasteiger partial charge in [0.25, 0.3) is 0 Å². The molecule has 1 aliphatic carbocycles. The molecule has 1 atom stereocenters. The zero-order valence-electron chi connectivity index (χ0n) is 17.0. The standard InChI is InChI=1S/C21H33N3O4/c1-26-18-7-6-16(14-19(18)27-2)17(24-10-12-28-13-11-24)15-23-20(25)21(22)8-4-3-5-9-21/h6-7,14,17H,3-5,8-13,15,22H2,1-2H3,(H,23,25). The molecule has 1 heterocycles. The van der Waals surface area contributed by atoms with Crippen LogP contribution in [0.5, 0.6) is 11.5 Å². The Morgan fingerprint density at radius 2 is 1.86 bits per heavy atom. The third-order valence-corrected chi connectivity index (χ3v) is 5.93. The number of nitrogens with two attached hydrogens (primary N) is 1. The van der Waals surface area contributed by atoms with E-state index in [4.69, 9.17) is 19.9 Å². The van der Waals surface area contributed by atoms with Crippen LogP contribution >= 0.6 is 0 Å². The first-order valence-electron chi connectivity index (χ1n) is 10.2. The highest BCUT2D eigenvalue weighted by Gasteiger charge is 2.36. The second-order valence-electron chi connectivity index (χ2n) is 7.71. The maximum atomic E-state index is 12.8. The molecule has 156 valence electrons. The molecule has 1 aliphatic heterocycles. The van der Waals surface area contributed by atoms with Crippen LogP contribution in [0.25, 0.3) is 0 Å². The summed E-state index contributed by atoms with van der Waals surface area (Å²) in [5, 5.41) is 3.14. The van der Waals surface area contributed by atoms with Gasteiger partial charge in [-0.3, -0.25) is 9.69 Å². The fourth-order valence-electron chi connectivity index (χ4n) is 4.18. The molecule has 0 aromatic heterocycles. The summed E-state index contributed by atoms with van der Waals surface area (Å²) in [6.07, 6.45) is 4.72. The van der Waals surface area contributed by atoms with Crippen molar-refractivity contribution in [2.24, 2.45) is 5.73 Å². The number of methoxy groups -OCH3 is 2. The highest BCUT2D eigenvalue weighted by Crippen LogP contribution is 2.32. The molecule has 0 spiro atoms. The van der Waals surface area contributed by atoms with Crippen molar-refractivity contribution in [1.29, 1.82) is 0 Å². The van der Waals surface area contributed by atoms with Crippen LogP contribution in [0, 0.1) is 0 Å². The lowest BCUT2D eigenvalue weighted by atomic mass is 9.82. The Hall–Kier alpha value is -1.83. The van der Waals surface area contributed by atoms with Gasteiger partial charge in [0.15, 0.2) is 11.5 Å². The van der Waals surface area contributed by atoms with Crippen molar-refractivity contribution in [2.75, 3.05) is 47.1 Å². The number of nitrogens with zero attached hydrogens (tertiary/aromatic N) is 1. The predicted molar refractivity (Wildman–Crippen MR) is 108 cm³/mol. The highest BCUT2D eigenvalue weighted by atomic mass is 16.5. The second kappa shape index (κ2) is 9.58. The first-order valence-corrected chi connectivity index (χ1v) is 10.2. The maximum absolute atomic E-state index is 12.8. The van der Waals surface area contributed by atoms with Crippen molar-refractivity contribution in [1.82, 2.24) is 10.2 Å². The van der Waals surface area contributed by atoms with E-state index < -0.39 is 5.54 Å². The van der Waals surface area contributed by atoms with Gasteiger partial charge in [-0.1, -0.05) is 25.3 Å². The molecule has 2 aliphatic rings. The van der Waals surface area contributed by atoms with E-state index in [0.29, 0.717) is 31.3 Å². The molecular formula is C21H33N3O4. The summed E-state index contributed by atoms with van der Waals surface area (Å²) >= 11 is 0. The molecule has 7 heteroatoms. The Morgan fingerprint density at radius 1 is 1.18 bits per heavy atom. The number of carbonyl (C=O) groups excluding carboxylic acids is 1. The van der Waals surface area contributed by atoms with Gasteiger partial charge in [-0.15, -0.1) is 0 Å². The third kappa shape index (κ3) is 4.77. The van der Waals surface area contributed by atoms with Gasteiger partial charge in [-0.2, -0.15) is 0 Å². The molecule has 1 aromatic rings. The summed E-state index contributed by atoms with van der Waals surface area (Å²) in [6, 6.07) is 5.96. The van der Waals surface area contributed by atoms with E-state index in [2.05, 4.69) is 10.2 Å². The smallest absolute Gasteiger partial charge is 0.240 e. The first kappa shape index (κ1) is 20.9. The SMILES string of the molecule is COc1ccc(C(CNC(=O)C2(N)CCCCC2)N2CCOCC2)cc1OC. The minimum absolute atomic E-state index is 0.0276. The minimum Gasteiger partial charge on any atom is -0.493 e. The van der Waals surface area contributed by atoms with Crippen LogP contribution in [0.2, 0.25) is 0 Å². The van der Waals surface area contributed by atoms with Crippen LogP contribution in [-0.4, -0.2) is 63.4 Å². The van der Waals surface area contributed by atoms with Crippen LogP contribution in [0.1, 0.15) is 43.7 Å². The lowest BCUT2D eigenvalue weighted by Crippen LogP contribution is -2.56. The van der Waals surface area contributed by atoms with E-state index in [1.165, 1.54) is 0 Å². The first-order chi connectivity index (χ1) is 13.6. The highest BCUT2D eigenvalue weighted by molar-refractivity contribution is 5.86. The van der Waals surface area contributed by atoms with Crippen molar-refractivity contribution in [3.8, 4) is 11.5 Å². The van der Waals surface area contributed by atoms with Gasteiger partial charge >= 0.3 is 0 Å². The van der Waals surface area contributed by atoms with E-state index in [-0.39, 0.29) is 11.9 Å². The number of morpholine rings is 1. The Bertz CT molecular complexity index is 655. The Balaban J connectivity index is 1.76. The number of hydrogen-bond acceptors (Lipinski definition) is 6. The second-order valence-corrected chi connectivity index (χ2v) is 7.71. The van der Waals surface area contributed by atoms with Crippen molar-refractivity contribution >= 4 is 5.91 Å². The number of carbonyl (C=O) groups is 1. The average molecular weight is 392 g/mol. The molecule has 1 saturated carbocycles. The van der Waals surface area contributed by atoms with Crippen LogP contribution < -0.4 is 20.5 Å². The fourth-order valence-corrected chi connectivity index (χ4v) is 4.18. The summed E-state index contributed by atoms with van der Waals surface area (Å²) in [5.74, 6) is 1.34. The van der Waals surface area contributed by atoms with Crippen molar-refractivity contribution in [3.63, 3.8) is 0 Å². The molecule has 0 radical (unpaired) electrons. The monoisotopic (exact) mass is 391 g/mol. The number of ether oxygens (including phenoxy) is 3. The van der Waals surface area contributed by atoms with Gasteiger partial charge in [-0.25, -0.2) is 0 Å². The van der Waals surface area contributed by atoms with E-state index in [0.717, 1.165) is 50.8 Å². The Morgan fingerprint density at radius 3 is 2.50 bits per heavy atom. The number of amides is 1. The molecule has 1 amide bonds. The van der Waals surface area contributed by atoms with Gasteiger partial charge in [0, 0.05) is 19.6 Å². The maximum Gasteiger partial charge on any atom is 0.240 e. The predicted octanol–water partition coefficient (Wildman–Crippen LogP) is 1.85. The molecule has 2 fully saturated rings. The third-order valence-electron chi connectivity index (χ3n) is 5.93. The van der Waals surface area contributed by atoms with Crippen LogP contribution in [-0.2, 0) is 9.53 Å². The van der Waals surface area contributed by atoms with Crippen LogP contribution in [0.4, 0.5) is 0 Å². The van der Waals surface area contributed by atoms with Gasteiger partial charge in [0.1, 0.15) is 0 Å². The summed E-state index contributed by atoms with van der Waals surface area (Å²) in [7, 11) is 3.26. The Labute approximate surface area is 167 Å². The molecule has 7 nitrogen and oxygen atoms in total. The molecule has 1 saturated heterocycles.